The van der Waals surface area contributed by atoms with E-state index in [9.17, 15) is 14.4 Å². The van der Waals surface area contributed by atoms with Gasteiger partial charge < -0.3 is 14.2 Å². The van der Waals surface area contributed by atoms with Gasteiger partial charge in [-0.1, -0.05) is 252 Å². The maximum atomic E-state index is 12.8. The van der Waals surface area contributed by atoms with Crippen LogP contribution in [0.15, 0.2) is 109 Å². The largest absolute Gasteiger partial charge is 0.462 e. The Morgan fingerprint density at radius 2 is 0.618 bits per heavy atom. The number of esters is 3. The minimum atomic E-state index is -0.836. The van der Waals surface area contributed by atoms with E-state index in [0.717, 1.165) is 103 Å². The van der Waals surface area contributed by atoms with Crippen molar-refractivity contribution < 1.29 is 28.6 Å². The Kier molecular flexibility index (Phi) is 52.4. The summed E-state index contributed by atoms with van der Waals surface area (Å²) in [5, 5.41) is 0. The Labute approximate surface area is 419 Å². The standard InChI is InChI=1S/C62H102O6/c1-4-7-10-13-16-19-22-25-28-29-30-31-32-33-35-37-40-43-46-49-52-55-61(64)67-58-59(57-66-60(63)54-51-48-45-42-39-36-27-24-21-18-15-12-9-6-3)68-62(65)56-53-50-47-44-41-38-34-26-23-20-17-14-11-8-5-2/h7-8,10-11,16-17,19-20,25-26,28,30-31,34,41,44,50,53,59H,4-6,9,12-15,18,21-24,27,29,32-33,35-40,42-43,45-49,51-52,54-58H2,1-3H3/b10-7-,11-8-,19-16-,20-17-,28-25-,31-30-,34-26-,44-41-,53-50-. The Bertz CT molecular complexity index is 1410. The van der Waals surface area contributed by atoms with Gasteiger partial charge in [0.1, 0.15) is 13.2 Å². The highest BCUT2D eigenvalue weighted by Gasteiger charge is 2.19. The van der Waals surface area contributed by atoms with Gasteiger partial charge >= 0.3 is 17.9 Å². The van der Waals surface area contributed by atoms with Gasteiger partial charge in [0.15, 0.2) is 6.10 Å². The minimum Gasteiger partial charge on any atom is -0.462 e. The molecule has 1 unspecified atom stereocenters. The normalized spacial score (nSPS) is 12.9. The molecule has 0 aromatic carbocycles. The predicted octanol–water partition coefficient (Wildman–Crippen LogP) is 18.7. The monoisotopic (exact) mass is 943 g/mol. The van der Waals surface area contributed by atoms with Crippen LogP contribution in [-0.4, -0.2) is 37.2 Å². The lowest BCUT2D eigenvalue weighted by molar-refractivity contribution is -0.166. The average molecular weight is 943 g/mol. The van der Waals surface area contributed by atoms with Crippen molar-refractivity contribution in [3.8, 4) is 0 Å². The third-order valence-electron chi connectivity index (χ3n) is 11.6. The predicted molar refractivity (Wildman–Crippen MR) is 293 cm³/mol. The molecule has 0 amide bonds. The SMILES string of the molecule is CC/C=C\C/C=C\C/C=C\C/C=C\C/C=C\CC(=O)OC(COC(=O)CCCCCCCCCC/C=C\C/C=C\C/C=C\C/C=C\CC)COC(=O)CCCCCCCCCCCCCCCC. The molecule has 0 aromatic heterocycles. The Morgan fingerprint density at radius 1 is 0.324 bits per heavy atom. The molecule has 68 heavy (non-hydrogen) atoms. The fourth-order valence-electron chi connectivity index (χ4n) is 7.45. The van der Waals surface area contributed by atoms with Crippen LogP contribution in [0.1, 0.15) is 245 Å². The fraction of sp³-hybridized carbons (Fsp3) is 0.661. The van der Waals surface area contributed by atoms with Crippen LogP contribution < -0.4 is 0 Å². The first-order valence-corrected chi connectivity index (χ1v) is 27.9. The minimum absolute atomic E-state index is 0.0935. The summed E-state index contributed by atoms with van der Waals surface area (Å²) < 4.78 is 16.7. The maximum absolute atomic E-state index is 12.8. The molecule has 386 valence electrons. The molecule has 6 heteroatoms. The molecule has 0 aliphatic heterocycles. The third kappa shape index (κ3) is 53.0. The molecule has 0 rings (SSSR count). The van der Waals surface area contributed by atoms with Crippen LogP contribution in [0.5, 0.6) is 0 Å². The second-order valence-electron chi connectivity index (χ2n) is 18.1. The molecule has 0 aliphatic carbocycles. The summed E-state index contributed by atoms with van der Waals surface area (Å²) in [6.07, 6.45) is 75.3. The van der Waals surface area contributed by atoms with E-state index in [0.29, 0.717) is 12.8 Å². The zero-order chi connectivity index (χ0) is 49.3. The summed E-state index contributed by atoms with van der Waals surface area (Å²) >= 11 is 0. The first-order valence-electron chi connectivity index (χ1n) is 27.9. The number of ether oxygens (including phenoxy) is 3. The summed E-state index contributed by atoms with van der Waals surface area (Å²) in [5.41, 5.74) is 0. The fourth-order valence-corrected chi connectivity index (χ4v) is 7.45. The lowest BCUT2D eigenvalue weighted by atomic mass is 10.0. The topological polar surface area (TPSA) is 78.9 Å². The summed E-state index contributed by atoms with van der Waals surface area (Å²) in [6, 6.07) is 0. The summed E-state index contributed by atoms with van der Waals surface area (Å²) in [4.78, 5) is 38.0. The quantitative estimate of drug-likeness (QED) is 0.0262. The van der Waals surface area contributed by atoms with Gasteiger partial charge in [-0.3, -0.25) is 14.4 Å². The number of unbranched alkanes of at least 4 members (excludes halogenated alkanes) is 21. The lowest BCUT2D eigenvalue weighted by Crippen LogP contribution is -2.30. The molecule has 0 heterocycles. The number of carbonyl (C=O) groups is 3. The van der Waals surface area contributed by atoms with E-state index >= 15 is 0 Å². The van der Waals surface area contributed by atoms with Gasteiger partial charge in [0.05, 0.1) is 6.42 Å². The van der Waals surface area contributed by atoms with Crippen molar-refractivity contribution >= 4 is 17.9 Å². The molecular formula is C62H102O6. The van der Waals surface area contributed by atoms with Crippen LogP contribution in [0.4, 0.5) is 0 Å². The van der Waals surface area contributed by atoms with Crippen molar-refractivity contribution in [2.75, 3.05) is 13.2 Å². The molecular weight excluding hydrogens is 841 g/mol. The summed E-state index contributed by atoms with van der Waals surface area (Å²) in [6.45, 7) is 6.32. The van der Waals surface area contributed by atoms with E-state index in [1.807, 2.05) is 6.08 Å². The summed E-state index contributed by atoms with van der Waals surface area (Å²) in [5.74, 6) is -1.06. The van der Waals surface area contributed by atoms with Crippen molar-refractivity contribution in [2.24, 2.45) is 0 Å². The molecule has 0 radical (unpaired) electrons. The molecule has 0 saturated carbocycles. The Morgan fingerprint density at radius 3 is 0.971 bits per heavy atom. The van der Waals surface area contributed by atoms with Crippen molar-refractivity contribution in [2.45, 2.75) is 252 Å². The second-order valence-corrected chi connectivity index (χ2v) is 18.1. The molecule has 0 bridgehead atoms. The van der Waals surface area contributed by atoms with E-state index in [1.54, 1.807) is 6.08 Å². The molecule has 0 saturated heterocycles. The van der Waals surface area contributed by atoms with Gasteiger partial charge in [-0.25, -0.2) is 0 Å². The van der Waals surface area contributed by atoms with E-state index in [1.165, 1.54) is 103 Å². The van der Waals surface area contributed by atoms with Crippen LogP contribution in [0, 0.1) is 0 Å². The molecule has 1 atom stereocenters. The van der Waals surface area contributed by atoms with Gasteiger partial charge in [-0.05, 0) is 83.5 Å². The highest BCUT2D eigenvalue weighted by atomic mass is 16.6. The Balaban J connectivity index is 4.47. The van der Waals surface area contributed by atoms with Gasteiger partial charge in [-0.2, -0.15) is 0 Å². The zero-order valence-electron chi connectivity index (χ0n) is 44.1. The van der Waals surface area contributed by atoms with Gasteiger partial charge in [0.2, 0.25) is 0 Å². The second kappa shape index (κ2) is 55.7. The van der Waals surface area contributed by atoms with Crippen LogP contribution in [0.3, 0.4) is 0 Å². The first kappa shape index (κ1) is 64.1. The highest BCUT2D eigenvalue weighted by Crippen LogP contribution is 2.15. The average Bonchev–Trinajstić information content (AvgIpc) is 3.34. The molecule has 0 aliphatic rings. The highest BCUT2D eigenvalue weighted by molar-refractivity contribution is 5.72. The van der Waals surface area contributed by atoms with Crippen LogP contribution >= 0.6 is 0 Å². The molecule has 0 aromatic rings. The third-order valence-corrected chi connectivity index (χ3v) is 11.6. The van der Waals surface area contributed by atoms with Crippen LogP contribution in [-0.2, 0) is 28.6 Å². The Hall–Kier alpha value is -3.93. The number of hydrogen-bond acceptors (Lipinski definition) is 6. The van der Waals surface area contributed by atoms with Gasteiger partial charge in [0, 0.05) is 12.8 Å². The first-order chi connectivity index (χ1) is 33.5. The lowest BCUT2D eigenvalue weighted by Gasteiger charge is -2.18. The van der Waals surface area contributed by atoms with Gasteiger partial charge in [0.25, 0.3) is 0 Å². The number of hydrogen-bond donors (Lipinski definition) is 0. The van der Waals surface area contributed by atoms with E-state index in [4.69, 9.17) is 14.2 Å². The van der Waals surface area contributed by atoms with E-state index in [2.05, 4.69) is 118 Å². The number of carbonyl (C=O) groups excluding carboxylic acids is 3. The van der Waals surface area contributed by atoms with Crippen LogP contribution in [0.2, 0.25) is 0 Å². The van der Waals surface area contributed by atoms with E-state index < -0.39 is 12.1 Å². The molecule has 0 N–H and O–H groups in total. The van der Waals surface area contributed by atoms with Gasteiger partial charge in [-0.15, -0.1) is 0 Å². The van der Waals surface area contributed by atoms with Crippen molar-refractivity contribution in [3.05, 3.63) is 109 Å². The number of allylic oxidation sites excluding steroid dienone is 17. The smallest absolute Gasteiger partial charge is 0.310 e. The van der Waals surface area contributed by atoms with E-state index in [-0.39, 0.29) is 31.6 Å². The zero-order valence-corrected chi connectivity index (χ0v) is 44.1. The molecule has 0 fully saturated rings. The maximum Gasteiger partial charge on any atom is 0.310 e. The molecule has 6 nitrogen and oxygen atoms in total. The summed E-state index contributed by atoms with van der Waals surface area (Å²) in [7, 11) is 0. The van der Waals surface area contributed by atoms with Crippen LogP contribution in [0.25, 0.3) is 0 Å². The number of rotatable bonds is 49. The van der Waals surface area contributed by atoms with Crippen molar-refractivity contribution in [3.63, 3.8) is 0 Å². The molecule has 0 spiro atoms. The van der Waals surface area contributed by atoms with Crippen molar-refractivity contribution in [1.82, 2.24) is 0 Å². The van der Waals surface area contributed by atoms with Crippen molar-refractivity contribution in [1.29, 1.82) is 0 Å².